The minimum Gasteiger partial charge on any atom is -0.378 e. The molecule has 0 aliphatic heterocycles. The number of carbonyl (C=O) groups is 1. The standard InChI is InChI=1S/C20H18FN9O2/c1-29(15-5-3-2-4-6-15)12-16-17(24-28-30(16)19-18(22)26-32-27-19)20(31)25-23-11-13-7-9-14(21)10-8-13/h2-11H,12H2,1H3,(H2,22,26)(H,25,31)/b23-11-. The van der Waals surface area contributed by atoms with Gasteiger partial charge in [0.2, 0.25) is 11.6 Å². The van der Waals surface area contributed by atoms with Gasteiger partial charge in [0.1, 0.15) is 5.82 Å². The number of halogens is 1. The minimum absolute atomic E-state index is 0.000182. The average molecular weight is 435 g/mol. The number of nitrogen functional groups attached to an aromatic ring is 1. The molecule has 0 aliphatic carbocycles. The first kappa shape index (κ1) is 20.7. The van der Waals surface area contributed by atoms with Gasteiger partial charge in [0.05, 0.1) is 18.5 Å². The molecule has 0 saturated heterocycles. The van der Waals surface area contributed by atoms with Gasteiger partial charge in [0.15, 0.2) is 5.69 Å². The van der Waals surface area contributed by atoms with E-state index in [2.05, 4.69) is 35.8 Å². The van der Waals surface area contributed by atoms with Crippen LogP contribution in [0.1, 0.15) is 21.7 Å². The van der Waals surface area contributed by atoms with Crippen molar-refractivity contribution in [1.82, 2.24) is 30.7 Å². The fourth-order valence-corrected chi connectivity index (χ4v) is 2.89. The molecule has 0 bridgehead atoms. The van der Waals surface area contributed by atoms with Crippen molar-refractivity contribution in [3.63, 3.8) is 0 Å². The van der Waals surface area contributed by atoms with Gasteiger partial charge in [-0.3, -0.25) is 4.79 Å². The van der Waals surface area contributed by atoms with Crippen LogP contribution in [0.4, 0.5) is 15.9 Å². The van der Waals surface area contributed by atoms with Crippen LogP contribution in [0, 0.1) is 5.82 Å². The number of carbonyl (C=O) groups excluding carboxylic acids is 1. The van der Waals surface area contributed by atoms with Crippen LogP contribution in [0.15, 0.2) is 64.3 Å². The Bertz CT molecular complexity index is 1240. The van der Waals surface area contributed by atoms with E-state index in [1.807, 2.05) is 42.3 Å². The van der Waals surface area contributed by atoms with Gasteiger partial charge in [-0.15, -0.1) is 5.10 Å². The van der Waals surface area contributed by atoms with Crippen molar-refractivity contribution in [1.29, 1.82) is 0 Å². The van der Waals surface area contributed by atoms with Crippen molar-refractivity contribution < 1.29 is 13.8 Å². The fraction of sp³-hybridized carbons (Fsp3) is 0.100. The molecule has 1 amide bonds. The highest BCUT2D eigenvalue weighted by atomic mass is 19.1. The van der Waals surface area contributed by atoms with Gasteiger partial charge in [-0.25, -0.2) is 14.4 Å². The number of anilines is 2. The number of benzene rings is 2. The molecule has 11 nitrogen and oxygen atoms in total. The number of hydrogen-bond donors (Lipinski definition) is 2. The second-order valence-corrected chi connectivity index (χ2v) is 6.71. The SMILES string of the molecule is CN(Cc1c(C(=O)N/N=C\c2ccc(F)cc2)nnn1-c1nonc1N)c1ccccc1. The van der Waals surface area contributed by atoms with E-state index in [9.17, 15) is 9.18 Å². The molecule has 4 rings (SSSR count). The maximum atomic E-state index is 13.0. The number of nitrogens with zero attached hydrogens (tertiary/aromatic N) is 7. The van der Waals surface area contributed by atoms with Crippen molar-refractivity contribution in [3.8, 4) is 5.82 Å². The van der Waals surface area contributed by atoms with Crippen LogP contribution in [-0.2, 0) is 6.54 Å². The van der Waals surface area contributed by atoms with Crippen molar-refractivity contribution >= 4 is 23.6 Å². The largest absolute Gasteiger partial charge is 0.378 e. The van der Waals surface area contributed by atoms with Gasteiger partial charge < -0.3 is 10.6 Å². The number of aromatic nitrogens is 5. The lowest BCUT2D eigenvalue weighted by atomic mass is 10.2. The highest BCUT2D eigenvalue weighted by molar-refractivity contribution is 5.94. The van der Waals surface area contributed by atoms with E-state index < -0.39 is 5.91 Å². The highest BCUT2D eigenvalue weighted by Gasteiger charge is 2.25. The third-order valence-electron chi connectivity index (χ3n) is 4.51. The number of amides is 1. The Morgan fingerprint density at radius 3 is 2.66 bits per heavy atom. The number of para-hydroxylation sites is 1. The van der Waals surface area contributed by atoms with Crippen LogP contribution in [0.2, 0.25) is 0 Å². The first-order chi connectivity index (χ1) is 15.5. The quantitative estimate of drug-likeness (QED) is 0.331. The van der Waals surface area contributed by atoms with Gasteiger partial charge in [0, 0.05) is 12.7 Å². The zero-order chi connectivity index (χ0) is 22.5. The molecule has 0 atom stereocenters. The Balaban J connectivity index is 1.61. The summed E-state index contributed by atoms with van der Waals surface area (Å²) in [5.41, 5.74) is 10.1. The second-order valence-electron chi connectivity index (χ2n) is 6.71. The van der Waals surface area contributed by atoms with Gasteiger partial charge in [0.25, 0.3) is 5.91 Å². The van der Waals surface area contributed by atoms with Crippen LogP contribution in [0.3, 0.4) is 0 Å². The summed E-state index contributed by atoms with van der Waals surface area (Å²) < 4.78 is 19.0. The van der Waals surface area contributed by atoms with Gasteiger partial charge in [-0.2, -0.15) is 9.78 Å². The maximum absolute atomic E-state index is 13.0. The smallest absolute Gasteiger partial charge is 0.293 e. The van der Waals surface area contributed by atoms with E-state index in [1.54, 1.807) is 0 Å². The zero-order valence-electron chi connectivity index (χ0n) is 16.9. The second kappa shape index (κ2) is 9.04. The van der Waals surface area contributed by atoms with Gasteiger partial charge >= 0.3 is 0 Å². The predicted molar refractivity (Wildman–Crippen MR) is 114 cm³/mol. The van der Waals surface area contributed by atoms with E-state index in [4.69, 9.17) is 5.73 Å². The number of nitrogens with one attached hydrogen (secondary N) is 1. The zero-order valence-corrected chi connectivity index (χ0v) is 16.9. The Labute approximate surface area is 181 Å². The molecule has 4 aromatic rings. The molecule has 162 valence electrons. The number of rotatable bonds is 7. The topological polar surface area (TPSA) is 140 Å². The lowest BCUT2D eigenvalue weighted by Gasteiger charge is -2.19. The molecule has 0 fully saturated rings. The fourth-order valence-electron chi connectivity index (χ4n) is 2.89. The normalized spacial score (nSPS) is 11.1. The summed E-state index contributed by atoms with van der Waals surface area (Å²) >= 11 is 0. The summed E-state index contributed by atoms with van der Waals surface area (Å²) in [5.74, 6) is -0.847. The third-order valence-corrected chi connectivity index (χ3v) is 4.51. The molecule has 2 heterocycles. The molecule has 2 aromatic carbocycles. The van der Waals surface area contributed by atoms with Crippen LogP contribution < -0.4 is 16.1 Å². The number of hydrazone groups is 1. The van der Waals surface area contributed by atoms with Crippen LogP contribution >= 0.6 is 0 Å². The molecule has 2 aromatic heterocycles. The monoisotopic (exact) mass is 435 g/mol. The molecule has 0 aliphatic rings. The van der Waals surface area contributed by atoms with Gasteiger partial charge in [-0.1, -0.05) is 35.5 Å². The Kier molecular flexibility index (Phi) is 5.83. The van der Waals surface area contributed by atoms with E-state index in [1.165, 1.54) is 35.2 Å². The summed E-state index contributed by atoms with van der Waals surface area (Å²) in [6, 6.07) is 15.2. The van der Waals surface area contributed by atoms with Gasteiger partial charge in [-0.05, 0) is 40.1 Å². The summed E-state index contributed by atoms with van der Waals surface area (Å²) in [5, 5.41) is 19.2. The Hall–Kier alpha value is -4.61. The lowest BCUT2D eigenvalue weighted by molar-refractivity contribution is 0.0949. The van der Waals surface area contributed by atoms with E-state index in [0.717, 1.165) is 5.69 Å². The summed E-state index contributed by atoms with van der Waals surface area (Å²) in [4.78, 5) is 14.7. The average Bonchev–Trinajstić information content (AvgIpc) is 3.41. The van der Waals surface area contributed by atoms with Crippen molar-refractivity contribution in [3.05, 3.63) is 77.4 Å². The molecule has 32 heavy (non-hydrogen) atoms. The number of hydrogen-bond acceptors (Lipinski definition) is 9. The Morgan fingerprint density at radius 1 is 1.22 bits per heavy atom. The molecular formula is C20H18FN9O2. The maximum Gasteiger partial charge on any atom is 0.293 e. The first-order valence-electron chi connectivity index (χ1n) is 9.41. The summed E-state index contributed by atoms with van der Waals surface area (Å²) in [6.07, 6.45) is 1.39. The molecule has 0 unspecified atom stereocenters. The molecule has 0 spiro atoms. The van der Waals surface area contributed by atoms with Crippen LogP contribution in [-0.4, -0.2) is 44.5 Å². The third kappa shape index (κ3) is 4.43. The van der Waals surface area contributed by atoms with E-state index in [-0.39, 0.29) is 29.7 Å². The summed E-state index contributed by atoms with van der Waals surface area (Å²) in [7, 11) is 1.85. The molecule has 0 saturated carbocycles. The lowest BCUT2D eigenvalue weighted by Crippen LogP contribution is -2.24. The van der Waals surface area contributed by atoms with E-state index in [0.29, 0.717) is 11.3 Å². The molecular weight excluding hydrogens is 417 g/mol. The van der Waals surface area contributed by atoms with Crippen LogP contribution in [0.25, 0.3) is 5.82 Å². The van der Waals surface area contributed by atoms with Crippen molar-refractivity contribution in [2.45, 2.75) is 6.54 Å². The molecule has 3 N–H and O–H groups in total. The van der Waals surface area contributed by atoms with Crippen molar-refractivity contribution in [2.24, 2.45) is 5.10 Å². The highest BCUT2D eigenvalue weighted by Crippen LogP contribution is 2.20. The number of nitrogens with two attached hydrogens (primary N) is 1. The van der Waals surface area contributed by atoms with E-state index >= 15 is 0 Å². The minimum atomic E-state index is -0.596. The first-order valence-corrected chi connectivity index (χ1v) is 9.41. The summed E-state index contributed by atoms with van der Waals surface area (Å²) in [6.45, 7) is 0.244. The Morgan fingerprint density at radius 2 is 1.97 bits per heavy atom. The molecule has 0 radical (unpaired) electrons. The molecule has 12 heteroatoms. The predicted octanol–water partition coefficient (Wildman–Crippen LogP) is 1.77. The van der Waals surface area contributed by atoms with Crippen molar-refractivity contribution in [2.75, 3.05) is 17.7 Å². The van der Waals surface area contributed by atoms with Crippen LogP contribution in [0.5, 0.6) is 0 Å².